The molecule has 0 spiro atoms. The van der Waals surface area contributed by atoms with Gasteiger partial charge in [-0.05, 0) is 13.5 Å². The van der Waals surface area contributed by atoms with E-state index in [4.69, 9.17) is 4.42 Å². The second kappa shape index (κ2) is 8.27. The molecule has 3 N–H and O–H groups in total. The molecule has 3 rings (SSSR count). The van der Waals surface area contributed by atoms with Crippen LogP contribution >= 0.6 is 0 Å². The molecule has 1 atom stereocenters. The van der Waals surface area contributed by atoms with Crippen molar-refractivity contribution in [2.24, 2.45) is 0 Å². The van der Waals surface area contributed by atoms with Gasteiger partial charge in [0.2, 0.25) is 0 Å². The van der Waals surface area contributed by atoms with Crippen molar-refractivity contribution < 1.29 is 14.6 Å². The third-order valence-corrected chi connectivity index (χ3v) is 4.85. The maximum atomic E-state index is 12.7. The molecule has 142 valence electrons. The molecule has 0 bridgehead atoms. The standard InChI is InChI=1S/C22H25NO4/c1-3-4-6-11-15(23-2)20-16(24)12-17(25)21-18(26)13-19(27-22(20)21)14-9-7-5-8-10-14/h5,7-10,12-13,15,23-25H,3-4,6,11H2,1-2H3/t15-/m0/s1. The normalized spacial score (nSPS) is 12.4. The van der Waals surface area contributed by atoms with Gasteiger partial charge in [-0.2, -0.15) is 0 Å². The van der Waals surface area contributed by atoms with Gasteiger partial charge in [0.05, 0.1) is 5.56 Å². The minimum atomic E-state index is -0.336. The van der Waals surface area contributed by atoms with Crippen LogP contribution in [0.4, 0.5) is 0 Å². The fraction of sp³-hybridized carbons (Fsp3) is 0.318. The summed E-state index contributed by atoms with van der Waals surface area (Å²) in [6.07, 6.45) is 3.93. The zero-order valence-corrected chi connectivity index (χ0v) is 15.7. The van der Waals surface area contributed by atoms with Crippen LogP contribution in [0.1, 0.15) is 44.2 Å². The summed E-state index contributed by atoms with van der Waals surface area (Å²) in [5, 5.41) is 24.1. The maximum absolute atomic E-state index is 12.7. The van der Waals surface area contributed by atoms with E-state index in [0.29, 0.717) is 11.3 Å². The van der Waals surface area contributed by atoms with E-state index in [9.17, 15) is 15.0 Å². The fourth-order valence-corrected chi connectivity index (χ4v) is 3.43. The van der Waals surface area contributed by atoms with Crippen LogP contribution < -0.4 is 10.7 Å². The molecule has 27 heavy (non-hydrogen) atoms. The Labute approximate surface area is 158 Å². The van der Waals surface area contributed by atoms with Gasteiger partial charge in [-0.25, -0.2) is 0 Å². The zero-order chi connectivity index (χ0) is 19.4. The van der Waals surface area contributed by atoms with E-state index >= 15 is 0 Å². The van der Waals surface area contributed by atoms with Crippen LogP contribution in [-0.2, 0) is 0 Å². The van der Waals surface area contributed by atoms with Crippen molar-refractivity contribution in [1.82, 2.24) is 5.32 Å². The molecular formula is C22H25NO4. The van der Waals surface area contributed by atoms with E-state index in [1.807, 2.05) is 37.4 Å². The summed E-state index contributed by atoms with van der Waals surface area (Å²) in [5.41, 5.74) is 1.17. The van der Waals surface area contributed by atoms with Gasteiger partial charge in [0.15, 0.2) is 11.0 Å². The molecule has 0 saturated heterocycles. The minimum Gasteiger partial charge on any atom is -0.507 e. The first-order valence-electron chi connectivity index (χ1n) is 9.32. The predicted molar refractivity (Wildman–Crippen MR) is 107 cm³/mol. The predicted octanol–water partition coefficient (Wildman–Crippen LogP) is 4.71. The van der Waals surface area contributed by atoms with Gasteiger partial charge in [-0.3, -0.25) is 4.79 Å². The number of benzene rings is 2. The Bertz CT molecular complexity index is 979. The van der Waals surface area contributed by atoms with E-state index in [1.54, 1.807) is 0 Å². The van der Waals surface area contributed by atoms with E-state index in [-0.39, 0.29) is 33.9 Å². The Balaban J connectivity index is 2.23. The van der Waals surface area contributed by atoms with Gasteiger partial charge in [0, 0.05) is 23.7 Å². The third-order valence-electron chi connectivity index (χ3n) is 4.85. The first-order valence-corrected chi connectivity index (χ1v) is 9.32. The second-order valence-corrected chi connectivity index (χ2v) is 6.71. The molecule has 0 aliphatic carbocycles. The fourth-order valence-electron chi connectivity index (χ4n) is 3.43. The molecule has 2 aromatic carbocycles. The highest BCUT2D eigenvalue weighted by molar-refractivity contribution is 5.89. The topological polar surface area (TPSA) is 82.7 Å². The lowest BCUT2D eigenvalue weighted by molar-refractivity contribution is 0.427. The highest BCUT2D eigenvalue weighted by Crippen LogP contribution is 2.39. The molecule has 1 aromatic heterocycles. The SMILES string of the molecule is CCCCC[C@H](NC)c1c(O)cc(O)c2c(=O)cc(-c3ccccc3)oc12. The highest BCUT2D eigenvalue weighted by atomic mass is 16.3. The van der Waals surface area contributed by atoms with Crippen molar-refractivity contribution >= 4 is 11.0 Å². The van der Waals surface area contributed by atoms with Gasteiger partial charge in [-0.1, -0.05) is 56.5 Å². The average molecular weight is 367 g/mol. The quantitative estimate of drug-likeness (QED) is 0.527. The summed E-state index contributed by atoms with van der Waals surface area (Å²) >= 11 is 0. The van der Waals surface area contributed by atoms with Crippen LogP contribution in [0.5, 0.6) is 11.5 Å². The van der Waals surface area contributed by atoms with Crippen LogP contribution in [0.2, 0.25) is 0 Å². The van der Waals surface area contributed by atoms with Crippen molar-refractivity contribution in [3.05, 3.63) is 58.3 Å². The van der Waals surface area contributed by atoms with Crippen molar-refractivity contribution in [3.63, 3.8) is 0 Å². The summed E-state index contributed by atoms with van der Waals surface area (Å²) in [4.78, 5) is 12.7. The molecule has 0 fully saturated rings. The number of fused-ring (bicyclic) bond motifs is 1. The molecule has 5 heteroatoms. The summed E-state index contributed by atoms with van der Waals surface area (Å²) < 4.78 is 6.05. The maximum Gasteiger partial charge on any atom is 0.197 e. The Morgan fingerprint density at radius 2 is 1.81 bits per heavy atom. The van der Waals surface area contributed by atoms with Crippen LogP contribution in [0.3, 0.4) is 0 Å². The van der Waals surface area contributed by atoms with Crippen LogP contribution in [0.15, 0.2) is 51.7 Å². The molecule has 5 nitrogen and oxygen atoms in total. The number of hydrogen-bond donors (Lipinski definition) is 3. The van der Waals surface area contributed by atoms with Crippen LogP contribution in [-0.4, -0.2) is 17.3 Å². The lowest BCUT2D eigenvalue weighted by Crippen LogP contribution is -2.17. The van der Waals surface area contributed by atoms with Gasteiger partial charge < -0.3 is 19.9 Å². The molecule has 0 aliphatic rings. The molecule has 1 heterocycles. The van der Waals surface area contributed by atoms with Gasteiger partial charge in [0.1, 0.15) is 22.6 Å². The number of phenolic OH excluding ortho intramolecular Hbond substituents is 2. The summed E-state index contributed by atoms with van der Waals surface area (Å²) in [7, 11) is 1.81. The molecule has 3 aromatic rings. The van der Waals surface area contributed by atoms with Crippen LogP contribution in [0, 0.1) is 0 Å². The molecule has 0 saturated carbocycles. The summed E-state index contributed by atoms with van der Waals surface area (Å²) in [6, 6.07) is 11.7. The number of aromatic hydroxyl groups is 2. The second-order valence-electron chi connectivity index (χ2n) is 6.71. The number of nitrogens with one attached hydrogen (secondary N) is 1. The Morgan fingerprint density at radius 3 is 2.48 bits per heavy atom. The van der Waals surface area contributed by atoms with Crippen LogP contribution in [0.25, 0.3) is 22.3 Å². The molecule has 0 aliphatic heterocycles. The number of unbranched alkanes of at least 4 members (excludes halogenated alkanes) is 2. The molecule has 0 unspecified atom stereocenters. The Hall–Kier alpha value is -2.79. The first kappa shape index (κ1) is 19.0. The lowest BCUT2D eigenvalue weighted by Gasteiger charge is -2.20. The van der Waals surface area contributed by atoms with E-state index in [1.165, 1.54) is 12.1 Å². The van der Waals surface area contributed by atoms with Gasteiger partial charge in [0.25, 0.3) is 0 Å². The number of hydrogen-bond acceptors (Lipinski definition) is 5. The monoisotopic (exact) mass is 367 g/mol. The number of phenols is 2. The average Bonchev–Trinajstić information content (AvgIpc) is 2.66. The summed E-state index contributed by atoms with van der Waals surface area (Å²) in [5.74, 6) is 0.0509. The van der Waals surface area contributed by atoms with E-state index in [2.05, 4.69) is 12.2 Å². The van der Waals surface area contributed by atoms with Gasteiger partial charge >= 0.3 is 0 Å². The molecule has 0 radical (unpaired) electrons. The van der Waals surface area contributed by atoms with Crippen molar-refractivity contribution in [2.45, 2.75) is 38.6 Å². The zero-order valence-electron chi connectivity index (χ0n) is 15.7. The molecular weight excluding hydrogens is 342 g/mol. The smallest absolute Gasteiger partial charge is 0.197 e. The van der Waals surface area contributed by atoms with Crippen molar-refractivity contribution in [3.8, 4) is 22.8 Å². The van der Waals surface area contributed by atoms with Gasteiger partial charge in [-0.15, -0.1) is 0 Å². The Kier molecular flexibility index (Phi) is 5.81. The largest absolute Gasteiger partial charge is 0.507 e. The lowest BCUT2D eigenvalue weighted by atomic mass is 9.96. The molecule has 0 amide bonds. The number of rotatable bonds is 7. The van der Waals surface area contributed by atoms with E-state index < -0.39 is 0 Å². The summed E-state index contributed by atoms with van der Waals surface area (Å²) in [6.45, 7) is 2.13. The third kappa shape index (κ3) is 3.83. The van der Waals surface area contributed by atoms with Crippen molar-refractivity contribution in [2.75, 3.05) is 7.05 Å². The Morgan fingerprint density at radius 1 is 1.07 bits per heavy atom. The van der Waals surface area contributed by atoms with E-state index in [0.717, 1.165) is 31.2 Å². The highest BCUT2D eigenvalue weighted by Gasteiger charge is 2.23. The minimum absolute atomic E-state index is 0.0794. The van der Waals surface area contributed by atoms with Crippen molar-refractivity contribution in [1.29, 1.82) is 0 Å². The first-order chi connectivity index (χ1) is 13.1.